The lowest BCUT2D eigenvalue weighted by Gasteiger charge is -2.42. The Morgan fingerprint density at radius 3 is 2.67 bits per heavy atom. The highest BCUT2D eigenvalue weighted by atomic mass is 19.1. The Balaban J connectivity index is 1.41. The zero-order valence-corrected chi connectivity index (χ0v) is 17.7. The number of hydrogen-bond donors (Lipinski definition) is 0. The number of amides is 1. The number of carbonyl (C=O) groups excluding carboxylic acids is 1. The van der Waals surface area contributed by atoms with Gasteiger partial charge in [0.15, 0.2) is 0 Å². The van der Waals surface area contributed by atoms with Crippen LogP contribution in [0.25, 0.3) is 0 Å². The third kappa shape index (κ3) is 4.55. The van der Waals surface area contributed by atoms with Crippen LogP contribution in [-0.4, -0.2) is 46.5 Å². The number of halogens is 1. The second-order valence-corrected chi connectivity index (χ2v) is 8.39. The van der Waals surface area contributed by atoms with Gasteiger partial charge in [0.05, 0.1) is 0 Å². The lowest BCUT2D eigenvalue weighted by atomic mass is 9.88. The minimum atomic E-state index is -0.294. The van der Waals surface area contributed by atoms with E-state index in [0.29, 0.717) is 29.6 Å². The number of carbonyl (C=O) groups is 1. The molecule has 1 unspecified atom stereocenters. The van der Waals surface area contributed by atoms with Gasteiger partial charge in [-0.1, -0.05) is 19.3 Å². The van der Waals surface area contributed by atoms with Gasteiger partial charge < -0.3 is 14.5 Å². The Bertz CT molecular complexity index is 901. The molecule has 1 aromatic carbocycles. The quantitative estimate of drug-likeness (QED) is 0.748. The van der Waals surface area contributed by atoms with E-state index in [-0.39, 0.29) is 17.8 Å². The smallest absolute Gasteiger partial charge is 0.226 e. The maximum absolute atomic E-state index is 13.3. The highest BCUT2D eigenvalue weighted by molar-refractivity contribution is 5.79. The molecule has 2 fully saturated rings. The second kappa shape index (κ2) is 8.98. The summed E-state index contributed by atoms with van der Waals surface area (Å²) in [4.78, 5) is 25.8. The van der Waals surface area contributed by atoms with E-state index in [4.69, 9.17) is 4.74 Å². The molecule has 1 atom stereocenters. The number of aryl methyl sites for hydroxylation is 1. The van der Waals surface area contributed by atoms with Crippen LogP contribution in [-0.2, 0) is 4.79 Å². The Morgan fingerprint density at radius 1 is 1.13 bits per heavy atom. The molecular formula is C23H29FN4O2. The number of anilines is 1. The average Bonchev–Trinajstić information content (AvgIpc) is 2.76. The van der Waals surface area contributed by atoms with Gasteiger partial charge in [0, 0.05) is 37.7 Å². The Labute approximate surface area is 177 Å². The predicted molar refractivity (Wildman–Crippen MR) is 113 cm³/mol. The van der Waals surface area contributed by atoms with Crippen molar-refractivity contribution in [3.8, 4) is 11.6 Å². The van der Waals surface area contributed by atoms with Crippen molar-refractivity contribution in [2.75, 3.05) is 24.5 Å². The van der Waals surface area contributed by atoms with Crippen LogP contribution in [0.1, 0.15) is 44.6 Å². The molecule has 1 aliphatic carbocycles. The van der Waals surface area contributed by atoms with Crippen molar-refractivity contribution in [2.45, 2.75) is 52.0 Å². The standard InChI is InChI=1S/C23H29FN4O2/c1-16-12-19(24)8-9-20(16)30-22-13-21(25-15-26-22)27-10-11-28(17(2)14-27)23(29)18-6-4-3-5-7-18/h8-9,12-13,15,17-18H,3-7,10-11,14H2,1-2H3. The fraction of sp³-hybridized carbons (Fsp3) is 0.522. The van der Waals surface area contributed by atoms with Gasteiger partial charge in [0.25, 0.3) is 0 Å². The second-order valence-electron chi connectivity index (χ2n) is 8.39. The number of benzene rings is 1. The Hall–Kier alpha value is -2.70. The van der Waals surface area contributed by atoms with Crippen molar-refractivity contribution in [3.05, 3.63) is 42.0 Å². The van der Waals surface area contributed by atoms with Crippen molar-refractivity contribution in [2.24, 2.45) is 5.92 Å². The fourth-order valence-electron chi connectivity index (χ4n) is 4.48. The van der Waals surface area contributed by atoms with E-state index in [1.807, 2.05) is 4.90 Å². The molecule has 0 N–H and O–H groups in total. The van der Waals surface area contributed by atoms with Crippen molar-refractivity contribution in [1.82, 2.24) is 14.9 Å². The molecule has 0 radical (unpaired) electrons. The van der Waals surface area contributed by atoms with Crippen LogP contribution in [0.4, 0.5) is 10.2 Å². The van der Waals surface area contributed by atoms with Gasteiger partial charge in [0.2, 0.25) is 11.8 Å². The molecule has 2 aromatic rings. The lowest BCUT2D eigenvalue weighted by Crippen LogP contribution is -2.55. The summed E-state index contributed by atoms with van der Waals surface area (Å²) < 4.78 is 19.2. The number of piperazine rings is 1. The van der Waals surface area contributed by atoms with E-state index in [1.165, 1.54) is 37.7 Å². The maximum atomic E-state index is 13.3. The molecule has 2 heterocycles. The Morgan fingerprint density at radius 2 is 1.93 bits per heavy atom. The summed E-state index contributed by atoms with van der Waals surface area (Å²) >= 11 is 0. The molecule has 2 aliphatic rings. The third-order valence-corrected chi connectivity index (χ3v) is 6.17. The number of hydrogen-bond acceptors (Lipinski definition) is 5. The number of nitrogens with zero attached hydrogens (tertiary/aromatic N) is 4. The molecule has 1 aliphatic heterocycles. The number of rotatable bonds is 4. The molecule has 0 bridgehead atoms. The van der Waals surface area contributed by atoms with Crippen LogP contribution < -0.4 is 9.64 Å². The molecule has 30 heavy (non-hydrogen) atoms. The first-order valence-electron chi connectivity index (χ1n) is 10.8. The summed E-state index contributed by atoms with van der Waals surface area (Å²) in [6, 6.07) is 6.33. The van der Waals surface area contributed by atoms with Crippen molar-refractivity contribution in [3.63, 3.8) is 0 Å². The summed E-state index contributed by atoms with van der Waals surface area (Å²) in [6.45, 7) is 6.06. The number of ether oxygens (including phenoxy) is 1. The maximum Gasteiger partial charge on any atom is 0.226 e. The predicted octanol–water partition coefficient (Wildman–Crippen LogP) is 4.33. The topological polar surface area (TPSA) is 58.6 Å². The van der Waals surface area contributed by atoms with Gasteiger partial charge >= 0.3 is 0 Å². The van der Waals surface area contributed by atoms with Gasteiger partial charge in [-0.05, 0) is 50.5 Å². The first-order chi connectivity index (χ1) is 14.5. The molecule has 1 saturated carbocycles. The van der Waals surface area contributed by atoms with Crippen LogP contribution in [0.5, 0.6) is 11.6 Å². The minimum Gasteiger partial charge on any atom is -0.439 e. The SMILES string of the molecule is Cc1cc(F)ccc1Oc1cc(N2CCN(C(=O)C3CCCCC3)C(C)C2)ncn1. The summed E-state index contributed by atoms with van der Waals surface area (Å²) in [7, 11) is 0. The van der Waals surface area contributed by atoms with Crippen molar-refractivity contribution < 1.29 is 13.9 Å². The van der Waals surface area contributed by atoms with Crippen molar-refractivity contribution in [1.29, 1.82) is 0 Å². The van der Waals surface area contributed by atoms with Gasteiger partial charge in [0.1, 0.15) is 23.7 Å². The summed E-state index contributed by atoms with van der Waals surface area (Å²) in [5.74, 6) is 1.99. The molecule has 6 nitrogen and oxygen atoms in total. The van der Waals surface area contributed by atoms with E-state index < -0.39 is 0 Å². The van der Waals surface area contributed by atoms with Gasteiger partial charge in [-0.3, -0.25) is 4.79 Å². The number of aromatic nitrogens is 2. The lowest BCUT2D eigenvalue weighted by molar-refractivity contribution is -0.139. The normalized spacial score (nSPS) is 20.3. The highest BCUT2D eigenvalue weighted by Gasteiger charge is 2.32. The summed E-state index contributed by atoms with van der Waals surface area (Å²) in [5.41, 5.74) is 0.707. The molecule has 4 rings (SSSR count). The van der Waals surface area contributed by atoms with Crippen LogP contribution in [0.3, 0.4) is 0 Å². The molecule has 0 spiro atoms. The first kappa shape index (κ1) is 20.6. The largest absolute Gasteiger partial charge is 0.439 e. The van der Waals surface area contributed by atoms with Gasteiger partial charge in [-0.15, -0.1) is 0 Å². The van der Waals surface area contributed by atoms with E-state index in [2.05, 4.69) is 21.8 Å². The first-order valence-corrected chi connectivity index (χ1v) is 10.8. The molecule has 160 valence electrons. The monoisotopic (exact) mass is 412 g/mol. The van der Waals surface area contributed by atoms with E-state index in [9.17, 15) is 9.18 Å². The highest BCUT2D eigenvalue weighted by Crippen LogP contribution is 2.29. The van der Waals surface area contributed by atoms with Crippen LogP contribution in [0.15, 0.2) is 30.6 Å². The van der Waals surface area contributed by atoms with Gasteiger partial charge in [-0.25, -0.2) is 14.4 Å². The van der Waals surface area contributed by atoms with E-state index in [1.54, 1.807) is 19.1 Å². The van der Waals surface area contributed by atoms with Crippen LogP contribution in [0, 0.1) is 18.7 Å². The van der Waals surface area contributed by atoms with E-state index in [0.717, 1.165) is 31.7 Å². The Kier molecular flexibility index (Phi) is 6.16. The minimum absolute atomic E-state index is 0.131. The fourth-order valence-corrected chi connectivity index (χ4v) is 4.48. The average molecular weight is 413 g/mol. The third-order valence-electron chi connectivity index (χ3n) is 6.17. The van der Waals surface area contributed by atoms with Gasteiger partial charge in [-0.2, -0.15) is 0 Å². The van der Waals surface area contributed by atoms with Crippen molar-refractivity contribution >= 4 is 11.7 Å². The molecule has 1 amide bonds. The van der Waals surface area contributed by atoms with Crippen LogP contribution in [0.2, 0.25) is 0 Å². The molecule has 1 aromatic heterocycles. The molecule has 1 saturated heterocycles. The zero-order valence-electron chi connectivity index (χ0n) is 17.7. The summed E-state index contributed by atoms with van der Waals surface area (Å²) in [6.07, 6.45) is 7.13. The summed E-state index contributed by atoms with van der Waals surface area (Å²) in [5, 5.41) is 0. The van der Waals surface area contributed by atoms with Crippen LogP contribution >= 0.6 is 0 Å². The van der Waals surface area contributed by atoms with E-state index >= 15 is 0 Å². The molecular weight excluding hydrogens is 383 g/mol. The zero-order chi connectivity index (χ0) is 21.1. The molecule has 7 heteroatoms.